The van der Waals surface area contributed by atoms with Crippen LogP contribution in [-0.4, -0.2) is 30.9 Å². The smallest absolute Gasteiger partial charge is 0.248 e. The summed E-state index contributed by atoms with van der Waals surface area (Å²) in [6.45, 7) is 2.22. The molecule has 0 radical (unpaired) electrons. The topological polar surface area (TPSA) is 46.3 Å². The van der Waals surface area contributed by atoms with Gasteiger partial charge in [0, 0.05) is 18.7 Å². The zero-order valence-corrected chi connectivity index (χ0v) is 10.9. The minimum absolute atomic E-state index is 0.362. The average molecular weight is 244 g/mol. The van der Waals surface area contributed by atoms with Crippen molar-refractivity contribution in [2.75, 3.05) is 20.1 Å². The lowest BCUT2D eigenvalue weighted by atomic mass is 9.99. The molecule has 2 rings (SSSR count). The predicted molar refractivity (Wildman–Crippen MR) is 73.5 cm³/mol. The van der Waals surface area contributed by atoms with Crippen molar-refractivity contribution in [2.24, 2.45) is 5.73 Å². The number of rotatable bonds is 4. The molecule has 0 atom stereocenters. The second-order valence-corrected chi connectivity index (χ2v) is 4.94. The lowest BCUT2D eigenvalue weighted by Crippen LogP contribution is -2.24. The number of amides is 1. The standard InChI is InChI=1S/C15H20N2O/c1-17-10-8-13(9-11-17)3-2-12-4-6-14(7-5-12)15(16)18/h4-8H,2-3,9-11H2,1H3,(H2,16,18). The minimum atomic E-state index is -0.362. The molecule has 3 nitrogen and oxygen atoms in total. The monoisotopic (exact) mass is 244 g/mol. The number of hydrogen-bond acceptors (Lipinski definition) is 2. The summed E-state index contributed by atoms with van der Waals surface area (Å²) in [5, 5.41) is 0. The van der Waals surface area contributed by atoms with E-state index >= 15 is 0 Å². The normalized spacial score (nSPS) is 16.4. The molecule has 18 heavy (non-hydrogen) atoms. The fourth-order valence-corrected chi connectivity index (χ4v) is 2.18. The summed E-state index contributed by atoms with van der Waals surface area (Å²) in [5.74, 6) is -0.362. The van der Waals surface area contributed by atoms with E-state index in [9.17, 15) is 4.79 Å². The maximum atomic E-state index is 11.0. The quantitative estimate of drug-likeness (QED) is 0.823. The average Bonchev–Trinajstić information content (AvgIpc) is 2.38. The molecular weight excluding hydrogens is 224 g/mol. The number of hydrogen-bond donors (Lipinski definition) is 1. The van der Waals surface area contributed by atoms with Crippen molar-refractivity contribution in [1.29, 1.82) is 0 Å². The van der Waals surface area contributed by atoms with Gasteiger partial charge in [0.25, 0.3) is 0 Å². The molecule has 1 aromatic carbocycles. The highest BCUT2D eigenvalue weighted by Crippen LogP contribution is 2.16. The molecule has 1 amide bonds. The maximum Gasteiger partial charge on any atom is 0.248 e. The van der Waals surface area contributed by atoms with Crippen molar-refractivity contribution in [1.82, 2.24) is 4.90 Å². The van der Waals surface area contributed by atoms with Crippen LogP contribution in [-0.2, 0) is 6.42 Å². The third kappa shape index (κ3) is 3.44. The highest BCUT2D eigenvalue weighted by molar-refractivity contribution is 5.92. The molecule has 1 aliphatic heterocycles. The lowest BCUT2D eigenvalue weighted by Gasteiger charge is -2.21. The zero-order chi connectivity index (χ0) is 13.0. The Bertz CT molecular complexity index is 448. The number of carbonyl (C=O) groups excluding carboxylic acids is 1. The van der Waals surface area contributed by atoms with Gasteiger partial charge in [-0.2, -0.15) is 0 Å². The molecule has 1 aromatic rings. The molecule has 3 heteroatoms. The Balaban J connectivity index is 1.88. The first-order valence-corrected chi connectivity index (χ1v) is 6.40. The van der Waals surface area contributed by atoms with Gasteiger partial charge in [0.15, 0.2) is 0 Å². The summed E-state index contributed by atoms with van der Waals surface area (Å²) >= 11 is 0. The van der Waals surface area contributed by atoms with Gasteiger partial charge in [-0.3, -0.25) is 4.79 Å². The molecule has 96 valence electrons. The molecule has 0 saturated heterocycles. The van der Waals surface area contributed by atoms with Gasteiger partial charge in [-0.05, 0) is 44.0 Å². The second-order valence-electron chi connectivity index (χ2n) is 4.94. The van der Waals surface area contributed by atoms with Gasteiger partial charge in [0.2, 0.25) is 5.91 Å². The van der Waals surface area contributed by atoms with E-state index in [4.69, 9.17) is 5.73 Å². The molecule has 0 bridgehead atoms. The molecule has 0 saturated carbocycles. The molecule has 1 aliphatic rings. The van der Waals surface area contributed by atoms with Crippen molar-refractivity contribution in [3.8, 4) is 0 Å². The number of aryl methyl sites for hydroxylation is 1. The lowest BCUT2D eigenvalue weighted by molar-refractivity contribution is 0.100. The Morgan fingerprint density at radius 3 is 2.56 bits per heavy atom. The Hall–Kier alpha value is -1.61. The van der Waals surface area contributed by atoms with Crippen LogP contribution in [0.1, 0.15) is 28.8 Å². The first kappa shape index (κ1) is 12.8. The van der Waals surface area contributed by atoms with E-state index in [1.54, 1.807) is 17.7 Å². The Kier molecular flexibility index (Phi) is 4.15. The van der Waals surface area contributed by atoms with Crippen LogP contribution in [0.3, 0.4) is 0 Å². The van der Waals surface area contributed by atoms with E-state index in [0.29, 0.717) is 5.56 Å². The molecule has 0 aliphatic carbocycles. The van der Waals surface area contributed by atoms with Crippen molar-refractivity contribution < 1.29 is 4.79 Å². The minimum Gasteiger partial charge on any atom is -0.366 e. The van der Waals surface area contributed by atoms with Crippen molar-refractivity contribution >= 4 is 5.91 Å². The molecule has 1 heterocycles. The molecule has 0 unspecified atom stereocenters. The Labute approximate surface area is 108 Å². The predicted octanol–water partition coefficient (Wildman–Crippen LogP) is 1.98. The number of carbonyl (C=O) groups is 1. The molecule has 0 aromatic heterocycles. The SMILES string of the molecule is CN1CC=C(CCc2ccc(C(N)=O)cc2)CC1. The van der Waals surface area contributed by atoms with Gasteiger partial charge in [0.05, 0.1) is 0 Å². The summed E-state index contributed by atoms with van der Waals surface area (Å²) in [7, 11) is 2.15. The van der Waals surface area contributed by atoms with Gasteiger partial charge in [0.1, 0.15) is 0 Å². The molecule has 0 spiro atoms. The first-order valence-electron chi connectivity index (χ1n) is 6.40. The van der Waals surface area contributed by atoms with Crippen molar-refractivity contribution in [3.05, 3.63) is 47.0 Å². The van der Waals surface area contributed by atoms with Crippen LogP contribution in [0.5, 0.6) is 0 Å². The molecule has 2 N–H and O–H groups in total. The van der Waals surface area contributed by atoms with Gasteiger partial charge in [-0.25, -0.2) is 0 Å². The van der Waals surface area contributed by atoms with Gasteiger partial charge in [-0.15, -0.1) is 0 Å². The third-order valence-corrected chi connectivity index (χ3v) is 3.48. The Morgan fingerprint density at radius 1 is 1.28 bits per heavy atom. The maximum absolute atomic E-state index is 11.0. The van der Waals surface area contributed by atoms with E-state index in [0.717, 1.165) is 25.9 Å². The van der Waals surface area contributed by atoms with Gasteiger partial charge >= 0.3 is 0 Å². The largest absolute Gasteiger partial charge is 0.366 e. The van der Waals surface area contributed by atoms with Crippen LogP contribution >= 0.6 is 0 Å². The van der Waals surface area contributed by atoms with E-state index in [-0.39, 0.29) is 5.91 Å². The summed E-state index contributed by atoms with van der Waals surface area (Å²) in [6, 6.07) is 7.60. The van der Waals surface area contributed by atoms with E-state index < -0.39 is 0 Å². The Morgan fingerprint density at radius 2 is 2.00 bits per heavy atom. The van der Waals surface area contributed by atoms with Gasteiger partial charge in [-0.1, -0.05) is 23.8 Å². The van der Waals surface area contributed by atoms with Crippen LogP contribution in [0, 0.1) is 0 Å². The van der Waals surface area contributed by atoms with Crippen LogP contribution in [0.2, 0.25) is 0 Å². The highest BCUT2D eigenvalue weighted by Gasteiger charge is 2.07. The third-order valence-electron chi connectivity index (χ3n) is 3.48. The van der Waals surface area contributed by atoms with Crippen molar-refractivity contribution in [2.45, 2.75) is 19.3 Å². The van der Waals surface area contributed by atoms with E-state index in [2.05, 4.69) is 18.0 Å². The van der Waals surface area contributed by atoms with Crippen LogP contribution < -0.4 is 5.73 Å². The highest BCUT2D eigenvalue weighted by atomic mass is 16.1. The first-order chi connectivity index (χ1) is 8.65. The summed E-state index contributed by atoms with van der Waals surface area (Å²) in [6.07, 6.45) is 5.66. The fraction of sp³-hybridized carbons (Fsp3) is 0.400. The summed E-state index contributed by atoms with van der Waals surface area (Å²) < 4.78 is 0. The van der Waals surface area contributed by atoms with Gasteiger partial charge < -0.3 is 10.6 Å². The summed E-state index contributed by atoms with van der Waals surface area (Å²) in [4.78, 5) is 13.3. The number of nitrogens with zero attached hydrogens (tertiary/aromatic N) is 1. The van der Waals surface area contributed by atoms with E-state index in [1.807, 2.05) is 12.1 Å². The summed E-state index contributed by atoms with van der Waals surface area (Å²) in [5.41, 5.74) is 8.61. The zero-order valence-electron chi connectivity index (χ0n) is 10.9. The number of benzene rings is 1. The number of primary amides is 1. The van der Waals surface area contributed by atoms with Crippen LogP contribution in [0.25, 0.3) is 0 Å². The molecule has 0 fully saturated rings. The van der Waals surface area contributed by atoms with Crippen molar-refractivity contribution in [3.63, 3.8) is 0 Å². The van der Waals surface area contributed by atoms with E-state index in [1.165, 1.54) is 12.0 Å². The number of likely N-dealkylation sites (N-methyl/N-ethyl adjacent to an activating group) is 1. The molecular formula is C15H20N2O. The van der Waals surface area contributed by atoms with Crippen LogP contribution in [0.15, 0.2) is 35.9 Å². The van der Waals surface area contributed by atoms with Crippen LogP contribution in [0.4, 0.5) is 0 Å². The fourth-order valence-electron chi connectivity index (χ4n) is 2.18. The number of nitrogens with two attached hydrogens (primary N) is 1. The second kappa shape index (κ2) is 5.83.